The molecule has 0 N–H and O–H groups in total. The average molecular weight is 451 g/mol. The van der Waals surface area contributed by atoms with E-state index in [1.54, 1.807) is 16.6 Å². The Bertz CT molecular complexity index is 1220. The second-order valence-electron chi connectivity index (χ2n) is 8.06. The number of ether oxygens (including phenoxy) is 1. The number of nitrogens with zero attached hydrogens (tertiary/aromatic N) is 4. The third-order valence-electron chi connectivity index (χ3n) is 5.78. The Morgan fingerprint density at radius 3 is 2.59 bits per heavy atom. The van der Waals surface area contributed by atoms with E-state index in [-0.39, 0.29) is 5.02 Å². The molecule has 1 aliphatic heterocycles. The highest BCUT2D eigenvalue weighted by Gasteiger charge is 2.12. The predicted molar refractivity (Wildman–Crippen MR) is 124 cm³/mol. The van der Waals surface area contributed by atoms with E-state index in [0.29, 0.717) is 18.9 Å². The largest absolute Gasteiger partial charge is 0.492 e. The van der Waals surface area contributed by atoms with Gasteiger partial charge in [-0.05, 0) is 74.0 Å². The molecule has 3 heterocycles. The lowest BCUT2D eigenvalue weighted by atomic mass is 10.1. The minimum atomic E-state index is -0.439. The predicted octanol–water partition coefficient (Wildman–Crippen LogP) is 5.25. The van der Waals surface area contributed by atoms with E-state index >= 15 is 0 Å². The fraction of sp³-hybridized carbons (Fsp3) is 0.280. The average Bonchev–Trinajstić information content (AvgIpc) is 3.46. The van der Waals surface area contributed by atoms with Gasteiger partial charge in [-0.3, -0.25) is 4.90 Å². The van der Waals surface area contributed by atoms with E-state index in [4.69, 9.17) is 16.3 Å². The number of halogens is 2. The molecule has 0 radical (unpaired) electrons. The molecule has 5 nitrogen and oxygen atoms in total. The summed E-state index contributed by atoms with van der Waals surface area (Å²) < 4.78 is 21.2. The van der Waals surface area contributed by atoms with Gasteiger partial charge in [-0.25, -0.2) is 13.9 Å². The molecule has 0 bridgehead atoms. The molecule has 0 saturated carbocycles. The van der Waals surface area contributed by atoms with Crippen LogP contribution in [0.25, 0.3) is 16.9 Å². The van der Waals surface area contributed by atoms with Crippen LogP contribution in [0.1, 0.15) is 24.2 Å². The molecule has 2 aromatic carbocycles. The van der Waals surface area contributed by atoms with Gasteiger partial charge >= 0.3 is 0 Å². The second-order valence-corrected chi connectivity index (χ2v) is 8.46. The van der Waals surface area contributed by atoms with Crippen LogP contribution < -0.4 is 4.74 Å². The van der Waals surface area contributed by atoms with Gasteiger partial charge in [-0.15, -0.1) is 0 Å². The number of pyridine rings is 1. The van der Waals surface area contributed by atoms with Crippen molar-refractivity contribution in [3.8, 4) is 17.0 Å². The molecule has 1 fully saturated rings. The van der Waals surface area contributed by atoms with Gasteiger partial charge in [0.05, 0.1) is 10.7 Å². The first-order valence-corrected chi connectivity index (χ1v) is 11.3. The third-order valence-corrected chi connectivity index (χ3v) is 6.07. The van der Waals surface area contributed by atoms with Gasteiger partial charge in [-0.1, -0.05) is 29.8 Å². The highest BCUT2D eigenvalue weighted by atomic mass is 35.5. The molecule has 1 saturated heterocycles. The van der Waals surface area contributed by atoms with Crippen LogP contribution in [0.5, 0.6) is 5.75 Å². The maximum atomic E-state index is 13.6. The number of benzene rings is 2. The summed E-state index contributed by atoms with van der Waals surface area (Å²) in [4.78, 5) is 7.10. The zero-order valence-electron chi connectivity index (χ0n) is 17.7. The number of rotatable bonds is 7. The fourth-order valence-electron chi connectivity index (χ4n) is 4.08. The van der Waals surface area contributed by atoms with Crippen LogP contribution in [-0.2, 0) is 6.42 Å². The second kappa shape index (κ2) is 9.27. The molecule has 0 amide bonds. The molecular formula is C25H24ClFN4O. The molecule has 32 heavy (non-hydrogen) atoms. The number of hydrogen-bond donors (Lipinski definition) is 0. The number of hydrogen-bond acceptors (Lipinski definition) is 4. The van der Waals surface area contributed by atoms with Crippen LogP contribution in [0, 0.1) is 5.82 Å². The van der Waals surface area contributed by atoms with E-state index < -0.39 is 5.82 Å². The summed E-state index contributed by atoms with van der Waals surface area (Å²) in [6.07, 6.45) is 3.20. The maximum absolute atomic E-state index is 13.6. The third kappa shape index (κ3) is 4.61. The van der Waals surface area contributed by atoms with Crippen molar-refractivity contribution in [1.82, 2.24) is 19.5 Å². The summed E-state index contributed by atoms with van der Waals surface area (Å²) in [5.41, 5.74) is 3.44. The van der Waals surface area contributed by atoms with Crippen molar-refractivity contribution in [3.05, 3.63) is 82.9 Å². The lowest BCUT2D eigenvalue weighted by Crippen LogP contribution is -2.25. The molecule has 2 aromatic heterocycles. The zero-order valence-corrected chi connectivity index (χ0v) is 18.4. The van der Waals surface area contributed by atoms with Crippen LogP contribution in [0.15, 0.2) is 60.7 Å². The van der Waals surface area contributed by atoms with E-state index in [1.807, 2.05) is 30.3 Å². The van der Waals surface area contributed by atoms with Crippen molar-refractivity contribution >= 4 is 17.2 Å². The molecular weight excluding hydrogens is 427 g/mol. The van der Waals surface area contributed by atoms with E-state index in [9.17, 15) is 4.39 Å². The van der Waals surface area contributed by atoms with Crippen LogP contribution in [0.2, 0.25) is 5.02 Å². The van der Waals surface area contributed by atoms with Crippen LogP contribution in [-0.4, -0.2) is 45.7 Å². The Morgan fingerprint density at radius 2 is 1.81 bits per heavy atom. The summed E-state index contributed by atoms with van der Waals surface area (Å²) in [5, 5.41) is 4.77. The molecule has 0 aliphatic carbocycles. The van der Waals surface area contributed by atoms with E-state index in [0.717, 1.165) is 34.8 Å². The van der Waals surface area contributed by atoms with Gasteiger partial charge in [0.1, 0.15) is 18.2 Å². The highest BCUT2D eigenvalue weighted by Crippen LogP contribution is 2.25. The Balaban J connectivity index is 1.28. The molecule has 7 heteroatoms. The minimum Gasteiger partial charge on any atom is -0.492 e. The van der Waals surface area contributed by atoms with Crippen molar-refractivity contribution in [2.75, 3.05) is 26.2 Å². The van der Waals surface area contributed by atoms with Crippen LogP contribution in [0.3, 0.4) is 0 Å². The summed E-state index contributed by atoms with van der Waals surface area (Å²) in [6, 6.07) is 18.5. The number of fused-ring (bicyclic) bond motifs is 1. The summed E-state index contributed by atoms with van der Waals surface area (Å²) in [5.74, 6) is 1.16. The van der Waals surface area contributed by atoms with Crippen LogP contribution in [0.4, 0.5) is 4.39 Å². The normalized spacial score (nSPS) is 14.3. The molecule has 0 atom stereocenters. The van der Waals surface area contributed by atoms with Gasteiger partial charge in [0.25, 0.3) is 0 Å². The SMILES string of the molecule is Fc1ccc(-c2cccc3nc(Cc4ccc(OCCN5CCCC5)cc4)nn23)cc1Cl. The smallest absolute Gasteiger partial charge is 0.156 e. The molecule has 5 rings (SSSR count). The first-order chi connectivity index (χ1) is 15.7. The van der Waals surface area contributed by atoms with Crippen molar-refractivity contribution in [2.45, 2.75) is 19.3 Å². The van der Waals surface area contributed by atoms with Gasteiger partial charge in [0.2, 0.25) is 0 Å². The first-order valence-electron chi connectivity index (χ1n) is 10.9. The van der Waals surface area contributed by atoms with Gasteiger partial charge < -0.3 is 4.74 Å². The number of aromatic nitrogens is 3. The maximum Gasteiger partial charge on any atom is 0.156 e. The molecule has 0 unspecified atom stereocenters. The topological polar surface area (TPSA) is 42.7 Å². The van der Waals surface area contributed by atoms with Crippen molar-refractivity contribution in [3.63, 3.8) is 0 Å². The first kappa shape index (κ1) is 20.9. The van der Waals surface area contributed by atoms with Crippen molar-refractivity contribution < 1.29 is 9.13 Å². The van der Waals surface area contributed by atoms with Gasteiger partial charge in [0.15, 0.2) is 11.5 Å². The standard InChI is InChI=1S/C25H24ClFN4O/c26-21-17-19(8-11-22(21)27)23-4-3-5-25-28-24(29-31(23)25)16-18-6-9-20(10-7-18)32-15-14-30-12-1-2-13-30/h3-11,17H,1-2,12-16H2. The molecule has 164 valence electrons. The van der Waals surface area contributed by atoms with Crippen molar-refractivity contribution in [2.24, 2.45) is 0 Å². The molecule has 1 aliphatic rings. The summed E-state index contributed by atoms with van der Waals surface area (Å²) in [7, 11) is 0. The lowest BCUT2D eigenvalue weighted by molar-refractivity contribution is 0.238. The van der Waals surface area contributed by atoms with Gasteiger partial charge in [-0.2, -0.15) is 5.10 Å². The van der Waals surface area contributed by atoms with Crippen molar-refractivity contribution in [1.29, 1.82) is 0 Å². The highest BCUT2D eigenvalue weighted by molar-refractivity contribution is 6.31. The Hall–Kier alpha value is -2.96. The Morgan fingerprint density at radius 1 is 1.00 bits per heavy atom. The Labute approximate surface area is 191 Å². The van der Waals surface area contributed by atoms with Crippen LogP contribution >= 0.6 is 11.6 Å². The van der Waals surface area contributed by atoms with E-state index in [2.05, 4.69) is 27.1 Å². The summed E-state index contributed by atoms with van der Waals surface area (Å²) in [6.45, 7) is 4.06. The minimum absolute atomic E-state index is 0.0857. The molecule has 0 spiro atoms. The fourth-order valence-corrected chi connectivity index (χ4v) is 4.26. The zero-order chi connectivity index (χ0) is 21.9. The summed E-state index contributed by atoms with van der Waals surface area (Å²) >= 11 is 5.97. The van der Waals surface area contributed by atoms with Gasteiger partial charge in [0, 0.05) is 18.5 Å². The quantitative estimate of drug-likeness (QED) is 0.385. The Kier molecular flexibility index (Phi) is 6.06. The van der Waals surface area contributed by atoms with E-state index in [1.165, 1.54) is 32.0 Å². The number of likely N-dealkylation sites (tertiary alicyclic amines) is 1. The molecule has 4 aromatic rings. The monoisotopic (exact) mass is 450 g/mol. The lowest BCUT2D eigenvalue weighted by Gasteiger charge is -2.14.